The van der Waals surface area contributed by atoms with Crippen LogP contribution in [0.25, 0.3) is 0 Å². The first-order chi connectivity index (χ1) is 7.09. The summed E-state index contributed by atoms with van der Waals surface area (Å²) in [6.45, 7) is 1.88. The van der Waals surface area contributed by atoms with Crippen LogP contribution in [0, 0.1) is 5.92 Å². The van der Waals surface area contributed by atoms with Crippen molar-refractivity contribution in [2.75, 3.05) is 5.75 Å². The summed E-state index contributed by atoms with van der Waals surface area (Å²) in [5.41, 5.74) is 6.88. The monoisotopic (exact) mass is 227 g/mol. The van der Waals surface area contributed by atoms with Crippen LogP contribution >= 0.6 is 0 Å². The van der Waals surface area contributed by atoms with Crippen molar-refractivity contribution < 1.29 is 8.76 Å². The van der Waals surface area contributed by atoms with E-state index in [0.717, 1.165) is 5.56 Å². The maximum atomic E-state index is 10.5. The van der Waals surface area contributed by atoms with E-state index in [0.29, 0.717) is 6.42 Å². The second-order valence-corrected chi connectivity index (χ2v) is 4.64. The van der Waals surface area contributed by atoms with Crippen molar-refractivity contribution >= 4 is 11.1 Å². The van der Waals surface area contributed by atoms with E-state index in [1.54, 1.807) is 12.4 Å². The Balaban J connectivity index is 2.49. The van der Waals surface area contributed by atoms with Crippen molar-refractivity contribution in [1.29, 1.82) is 0 Å². The summed E-state index contributed by atoms with van der Waals surface area (Å²) in [6.07, 6.45) is 4.05. The van der Waals surface area contributed by atoms with Gasteiger partial charge in [0.1, 0.15) is 0 Å². The number of hydrogen-bond acceptors (Lipinski definition) is 4. The molecule has 0 aliphatic rings. The fraction of sp³-hybridized carbons (Fsp3) is 0.500. The normalized spacial score (nSPS) is 17.0. The van der Waals surface area contributed by atoms with Crippen LogP contribution in [0.1, 0.15) is 24.9 Å². The summed E-state index contributed by atoms with van der Waals surface area (Å²) in [5.74, 6) is 0.229. The molecule has 1 rings (SSSR count). The van der Waals surface area contributed by atoms with Gasteiger partial charge in [0.05, 0.1) is 0 Å². The third-order valence-corrected chi connectivity index (χ3v) is 3.03. The molecule has 1 aromatic heterocycles. The van der Waals surface area contributed by atoms with E-state index in [1.807, 2.05) is 19.1 Å². The maximum absolute atomic E-state index is 10.5. The van der Waals surface area contributed by atoms with E-state index in [-0.39, 0.29) is 17.7 Å². The van der Waals surface area contributed by atoms with E-state index >= 15 is 0 Å². The molecule has 0 spiro atoms. The highest BCUT2D eigenvalue weighted by atomic mass is 32.2. The van der Waals surface area contributed by atoms with Gasteiger partial charge in [-0.25, -0.2) is 0 Å². The van der Waals surface area contributed by atoms with Gasteiger partial charge in [0.2, 0.25) is 0 Å². The molecule has 84 valence electrons. The molecular formula is C10H15N2O2S-. The lowest BCUT2D eigenvalue weighted by molar-refractivity contribution is 0.483. The average molecular weight is 227 g/mol. The fourth-order valence-electron chi connectivity index (χ4n) is 1.47. The van der Waals surface area contributed by atoms with Crippen LogP contribution in [0.15, 0.2) is 24.5 Å². The van der Waals surface area contributed by atoms with Crippen LogP contribution in [0.2, 0.25) is 0 Å². The van der Waals surface area contributed by atoms with Gasteiger partial charge in [-0.05, 0) is 24.0 Å². The topological polar surface area (TPSA) is 79.0 Å². The third-order valence-electron chi connectivity index (χ3n) is 2.19. The van der Waals surface area contributed by atoms with Crippen molar-refractivity contribution in [3.8, 4) is 0 Å². The molecule has 5 heteroatoms. The standard InChI is InChI=1S/C10H16N2O2S/c1-8(7-15(13)14)5-10(11)9-3-2-4-12-6-9/h2-4,6,8,10H,5,7,11H2,1H3,(H,13,14)/p-1. The lowest BCUT2D eigenvalue weighted by atomic mass is 9.99. The molecule has 0 saturated heterocycles. The Morgan fingerprint density at radius 2 is 2.40 bits per heavy atom. The molecule has 2 N–H and O–H groups in total. The highest BCUT2D eigenvalue weighted by molar-refractivity contribution is 7.79. The van der Waals surface area contributed by atoms with E-state index < -0.39 is 11.1 Å². The molecule has 0 aromatic carbocycles. The zero-order chi connectivity index (χ0) is 11.3. The minimum Gasteiger partial charge on any atom is -0.772 e. The number of rotatable bonds is 5. The Labute approximate surface area is 92.2 Å². The highest BCUT2D eigenvalue weighted by Gasteiger charge is 2.11. The number of nitrogens with zero attached hydrogens (tertiary/aromatic N) is 1. The number of hydrogen-bond donors (Lipinski definition) is 1. The van der Waals surface area contributed by atoms with Crippen molar-refractivity contribution in [2.24, 2.45) is 11.7 Å². The van der Waals surface area contributed by atoms with Gasteiger partial charge in [-0.1, -0.05) is 24.1 Å². The second kappa shape index (κ2) is 5.95. The Morgan fingerprint density at radius 3 is 2.93 bits per heavy atom. The Hall–Kier alpha value is -0.780. The second-order valence-electron chi connectivity index (χ2n) is 3.70. The molecule has 0 saturated carbocycles. The van der Waals surface area contributed by atoms with Crippen molar-refractivity contribution in [1.82, 2.24) is 4.98 Å². The van der Waals surface area contributed by atoms with Gasteiger partial charge in [-0.3, -0.25) is 9.19 Å². The molecule has 1 aromatic rings. The van der Waals surface area contributed by atoms with Crippen LogP contribution in [0.4, 0.5) is 0 Å². The van der Waals surface area contributed by atoms with E-state index in [9.17, 15) is 8.76 Å². The molecule has 0 fully saturated rings. The molecule has 15 heavy (non-hydrogen) atoms. The molecule has 0 aliphatic carbocycles. The van der Waals surface area contributed by atoms with Gasteiger partial charge < -0.3 is 10.3 Å². The van der Waals surface area contributed by atoms with Gasteiger partial charge in [-0.15, -0.1) is 0 Å². The van der Waals surface area contributed by atoms with Gasteiger partial charge >= 0.3 is 0 Å². The lowest BCUT2D eigenvalue weighted by Crippen LogP contribution is -2.17. The van der Waals surface area contributed by atoms with Gasteiger partial charge in [0.25, 0.3) is 0 Å². The Kier molecular flexibility index (Phi) is 4.87. The zero-order valence-corrected chi connectivity index (χ0v) is 9.44. The minimum atomic E-state index is -1.99. The molecule has 4 nitrogen and oxygen atoms in total. The predicted octanol–water partition coefficient (Wildman–Crippen LogP) is 0.987. The van der Waals surface area contributed by atoms with Crippen LogP contribution in [-0.2, 0) is 11.1 Å². The summed E-state index contributed by atoms with van der Waals surface area (Å²) in [6, 6.07) is 3.58. The van der Waals surface area contributed by atoms with Gasteiger partial charge in [0, 0.05) is 24.2 Å². The number of nitrogens with two attached hydrogens (primary N) is 1. The molecule has 0 aliphatic heterocycles. The quantitative estimate of drug-likeness (QED) is 0.761. The molecule has 3 atom stereocenters. The zero-order valence-electron chi connectivity index (χ0n) is 8.63. The Morgan fingerprint density at radius 1 is 1.67 bits per heavy atom. The maximum Gasteiger partial charge on any atom is 0.0315 e. The van der Waals surface area contributed by atoms with Crippen LogP contribution in [-0.4, -0.2) is 19.5 Å². The first-order valence-electron chi connectivity index (χ1n) is 4.81. The molecular weight excluding hydrogens is 212 g/mol. The van der Waals surface area contributed by atoms with Crippen molar-refractivity contribution in [3.05, 3.63) is 30.1 Å². The summed E-state index contributed by atoms with van der Waals surface area (Å²) in [4.78, 5) is 3.97. The summed E-state index contributed by atoms with van der Waals surface area (Å²) in [7, 11) is 0. The first-order valence-corrected chi connectivity index (χ1v) is 6.05. The molecule has 0 radical (unpaired) electrons. The van der Waals surface area contributed by atoms with Gasteiger partial charge in [0.15, 0.2) is 0 Å². The lowest BCUT2D eigenvalue weighted by Gasteiger charge is -2.18. The largest absolute Gasteiger partial charge is 0.772 e. The molecule has 0 amide bonds. The van der Waals surface area contributed by atoms with E-state index in [1.165, 1.54) is 0 Å². The first kappa shape index (κ1) is 12.3. The SMILES string of the molecule is CC(CC(N)c1cccnc1)CS(=O)[O-]. The summed E-state index contributed by atoms with van der Waals surface area (Å²) >= 11 is -1.99. The average Bonchev–Trinajstić information content (AvgIpc) is 2.17. The number of pyridine rings is 1. The van der Waals surface area contributed by atoms with Crippen molar-refractivity contribution in [3.63, 3.8) is 0 Å². The molecule has 1 heterocycles. The smallest absolute Gasteiger partial charge is 0.0315 e. The third kappa shape index (κ3) is 4.51. The van der Waals surface area contributed by atoms with Crippen LogP contribution in [0.5, 0.6) is 0 Å². The van der Waals surface area contributed by atoms with Crippen LogP contribution < -0.4 is 5.73 Å². The number of aromatic nitrogens is 1. The summed E-state index contributed by atoms with van der Waals surface area (Å²) < 4.78 is 20.9. The summed E-state index contributed by atoms with van der Waals surface area (Å²) in [5, 5.41) is 0. The minimum absolute atomic E-state index is 0.0681. The molecule has 3 unspecified atom stereocenters. The fourth-order valence-corrected chi connectivity index (χ4v) is 2.07. The van der Waals surface area contributed by atoms with E-state index in [2.05, 4.69) is 4.98 Å². The van der Waals surface area contributed by atoms with E-state index in [4.69, 9.17) is 5.73 Å². The highest BCUT2D eigenvalue weighted by Crippen LogP contribution is 2.18. The molecule has 0 bridgehead atoms. The van der Waals surface area contributed by atoms with Crippen molar-refractivity contribution in [2.45, 2.75) is 19.4 Å². The van der Waals surface area contributed by atoms with Gasteiger partial charge in [-0.2, -0.15) is 0 Å². The predicted molar refractivity (Wildman–Crippen MR) is 58.7 cm³/mol. The Bertz CT molecular complexity index is 318. The van der Waals surface area contributed by atoms with Crippen LogP contribution in [0.3, 0.4) is 0 Å².